The van der Waals surface area contributed by atoms with Crippen LogP contribution in [0.2, 0.25) is 0 Å². The van der Waals surface area contributed by atoms with Gasteiger partial charge in [-0.05, 0) is 56.1 Å². The molecule has 2 aromatic heterocycles. The van der Waals surface area contributed by atoms with E-state index in [9.17, 15) is 4.79 Å². The number of hydrogen-bond acceptors (Lipinski definition) is 4. The first-order chi connectivity index (χ1) is 13.2. The highest BCUT2D eigenvalue weighted by Crippen LogP contribution is 2.18. The summed E-state index contributed by atoms with van der Waals surface area (Å²) in [6, 6.07) is 11.9. The molecule has 1 aromatic carbocycles. The minimum Gasteiger partial charge on any atom is -0.344 e. The van der Waals surface area contributed by atoms with Crippen LogP contribution >= 0.6 is 0 Å². The molecule has 2 atom stereocenters. The van der Waals surface area contributed by atoms with Gasteiger partial charge in [-0.2, -0.15) is 10.2 Å². The van der Waals surface area contributed by atoms with E-state index >= 15 is 0 Å². The second-order valence-corrected chi connectivity index (χ2v) is 6.92. The predicted molar refractivity (Wildman–Crippen MR) is 103 cm³/mol. The summed E-state index contributed by atoms with van der Waals surface area (Å²) in [5, 5.41) is 15.2. The van der Waals surface area contributed by atoms with Gasteiger partial charge in [0.25, 0.3) is 5.91 Å². The molecular formula is C20H24N6O. The number of nitrogens with zero attached hydrogens (tertiary/aromatic N) is 4. The van der Waals surface area contributed by atoms with Crippen LogP contribution < -0.4 is 10.6 Å². The molecule has 3 heterocycles. The van der Waals surface area contributed by atoms with Crippen LogP contribution in [-0.2, 0) is 0 Å². The van der Waals surface area contributed by atoms with E-state index in [1.54, 1.807) is 16.9 Å². The number of piperidine rings is 1. The van der Waals surface area contributed by atoms with E-state index in [-0.39, 0.29) is 11.9 Å². The topological polar surface area (TPSA) is 76.8 Å². The number of amides is 1. The van der Waals surface area contributed by atoms with Gasteiger partial charge in [0.1, 0.15) is 5.69 Å². The Morgan fingerprint density at radius 3 is 3.00 bits per heavy atom. The van der Waals surface area contributed by atoms with Crippen molar-refractivity contribution in [1.82, 2.24) is 30.2 Å². The summed E-state index contributed by atoms with van der Waals surface area (Å²) in [7, 11) is 0. The van der Waals surface area contributed by atoms with E-state index in [0.29, 0.717) is 11.7 Å². The van der Waals surface area contributed by atoms with E-state index in [1.165, 1.54) is 0 Å². The Hall–Kier alpha value is -2.93. The lowest BCUT2D eigenvalue weighted by Gasteiger charge is -2.22. The van der Waals surface area contributed by atoms with Crippen LogP contribution in [0.3, 0.4) is 0 Å². The van der Waals surface area contributed by atoms with Crippen molar-refractivity contribution in [2.24, 2.45) is 0 Å². The van der Waals surface area contributed by atoms with Gasteiger partial charge < -0.3 is 10.6 Å². The van der Waals surface area contributed by atoms with Gasteiger partial charge in [-0.15, -0.1) is 0 Å². The van der Waals surface area contributed by atoms with Crippen LogP contribution in [0.25, 0.3) is 5.69 Å². The van der Waals surface area contributed by atoms with E-state index in [2.05, 4.69) is 20.8 Å². The molecule has 1 fully saturated rings. The Bertz CT molecular complexity index is 895. The third-order valence-electron chi connectivity index (χ3n) is 4.97. The van der Waals surface area contributed by atoms with Crippen LogP contribution in [0, 0.1) is 0 Å². The molecule has 2 unspecified atom stereocenters. The lowest BCUT2D eigenvalue weighted by atomic mass is 10.1. The van der Waals surface area contributed by atoms with Crippen LogP contribution in [-0.4, -0.2) is 38.6 Å². The van der Waals surface area contributed by atoms with Crippen LogP contribution in [0.4, 0.5) is 0 Å². The van der Waals surface area contributed by atoms with E-state index in [0.717, 1.165) is 37.2 Å². The molecule has 140 valence electrons. The minimum atomic E-state index is -0.158. The van der Waals surface area contributed by atoms with Crippen molar-refractivity contribution in [3.8, 4) is 5.69 Å². The molecular weight excluding hydrogens is 340 g/mol. The zero-order valence-corrected chi connectivity index (χ0v) is 15.4. The molecule has 7 nitrogen and oxygen atoms in total. The number of benzene rings is 1. The summed E-state index contributed by atoms with van der Waals surface area (Å²) in [6.45, 7) is 3.93. The first-order valence-electron chi connectivity index (χ1n) is 9.37. The van der Waals surface area contributed by atoms with Crippen LogP contribution in [0.1, 0.15) is 47.9 Å². The fourth-order valence-corrected chi connectivity index (χ4v) is 3.43. The molecule has 3 aromatic rings. The number of carbonyl (C=O) groups is 1. The average molecular weight is 364 g/mol. The van der Waals surface area contributed by atoms with Crippen molar-refractivity contribution >= 4 is 5.91 Å². The van der Waals surface area contributed by atoms with Crippen LogP contribution in [0.15, 0.2) is 55.0 Å². The second-order valence-electron chi connectivity index (χ2n) is 6.92. The smallest absolute Gasteiger partial charge is 0.272 e. The number of nitrogens with one attached hydrogen (secondary N) is 2. The summed E-state index contributed by atoms with van der Waals surface area (Å²) >= 11 is 0. The molecule has 1 aliphatic rings. The molecule has 0 bridgehead atoms. The van der Waals surface area contributed by atoms with Gasteiger partial charge in [0, 0.05) is 25.1 Å². The third kappa shape index (κ3) is 3.93. The van der Waals surface area contributed by atoms with Crippen molar-refractivity contribution < 1.29 is 4.79 Å². The molecule has 0 spiro atoms. The Balaban J connectivity index is 1.43. The van der Waals surface area contributed by atoms with Crippen molar-refractivity contribution in [3.05, 3.63) is 66.2 Å². The Labute approximate surface area is 158 Å². The lowest BCUT2D eigenvalue weighted by molar-refractivity contribution is 0.0933. The van der Waals surface area contributed by atoms with Crippen molar-refractivity contribution in [3.63, 3.8) is 0 Å². The number of aromatic nitrogens is 4. The molecule has 1 amide bonds. The van der Waals surface area contributed by atoms with E-state index in [4.69, 9.17) is 0 Å². The van der Waals surface area contributed by atoms with Gasteiger partial charge in [0.2, 0.25) is 0 Å². The summed E-state index contributed by atoms with van der Waals surface area (Å²) in [4.78, 5) is 12.6. The summed E-state index contributed by atoms with van der Waals surface area (Å²) in [5.41, 5.74) is 2.44. The molecule has 4 rings (SSSR count). The van der Waals surface area contributed by atoms with Gasteiger partial charge >= 0.3 is 0 Å². The monoisotopic (exact) mass is 364 g/mol. The first kappa shape index (κ1) is 17.5. The van der Waals surface area contributed by atoms with Gasteiger partial charge in [0.05, 0.1) is 17.8 Å². The Morgan fingerprint density at radius 1 is 1.30 bits per heavy atom. The fourth-order valence-electron chi connectivity index (χ4n) is 3.43. The highest BCUT2D eigenvalue weighted by molar-refractivity contribution is 5.92. The van der Waals surface area contributed by atoms with Gasteiger partial charge in [-0.1, -0.05) is 12.1 Å². The standard InChI is InChI=1S/C20H24N6O/c1-15(16-5-2-6-17(13-16)25-11-4-10-22-25)23-20(27)19-8-12-26(24-19)18-7-3-9-21-14-18/h2,4-6,8,10-13,15,18,21H,3,7,9,14H2,1H3,(H,23,27). The third-order valence-corrected chi connectivity index (χ3v) is 4.97. The number of carbonyl (C=O) groups excluding carboxylic acids is 1. The summed E-state index contributed by atoms with van der Waals surface area (Å²) in [6.07, 6.45) is 7.77. The quantitative estimate of drug-likeness (QED) is 0.729. The molecule has 0 saturated carbocycles. The number of rotatable bonds is 5. The lowest BCUT2D eigenvalue weighted by Crippen LogP contribution is -2.32. The van der Waals surface area contributed by atoms with Gasteiger partial charge in [-0.3, -0.25) is 9.48 Å². The molecule has 1 aliphatic heterocycles. The summed E-state index contributed by atoms with van der Waals surface area (Å²) in [5.74, 6) is -0.158. The minimum absolute atomic E-state index is 0.130. The maximum atomic E-state index is 12.6. The van der Waals surface area contributed by atoms with E-state index in [1.807, 2.05) is 54.3 Å². The second kappa shape index (κ2) is 7.75. The zero-order valence-electron chi connectivity index (χ0n) is 15.4. The van der Waals surface area contributed by atoms with Gasteiger partial charge in [-0.25, -0.2) is 4.68 Å². The van der Waals surface area contributed by atoms with Gasteiger partial charge in [0.15, 0.2) is 0 Å². The fraction of sp³-hybridized carbons (Fsp3) is 0.350. The summed E-state index contributed by atoms with van der Waals surface area (Å²) < 4.78 is 3.71. The highest BCUT2D eigenvalue weighted by atomic mass is 16.2. The Morgan fingerprint density at radius 2 is 2.22 bits per heavy atom. The zero-order chi connectivity index (χ0) is 18.6. The van der Waals surface area contributed by atoms with Crippen molar-refractivity contribution in [2.75, 3.05) is 13.1 Å². The largest absolute Gasteiger partial charge is 0.344 e. The Kier molecular flexibility index (Phi) is 5.02. The predicted octanol–water partition coefficient (Wildman–Crippen LogP) is 2.48. The number of hydrogen-bond donors (Lipinski definition) is 2. The maximum absolute atomic E-state index is 12.6. The molecule has 27 heavy (non-hydrogen) atoms. The molecule has 1 saturated heterocycles. The molecule has 0 aliphatic carbocycles. The van der Waals surface area contributed by atoms with Crippen molar-refractivity contribution in [1.29, 1.82) is 0 Å². The van der Waals surface area contributed by atoms with Crippen LogP contribution in [0.5, 0.6) is 0 Å². The average Bonchev–Trinajstić information content (AvgIpc) is 3.41. The first-order valence-corrected chi connectivity index (χ1v) is 9.37. The highest BCUT2D eigenvalue weighted by Gasteiger charge is 2.19. The SMILES string of the molecule is CC(NC(=O)c1ccn(C2CCCNC2)n1)c1cccc(-n2cccn2)c1. The normalized spacial score (nSPS) is 18.2. The maximum Gasteiger partial charge on any atom is 0.272 e. The van der Waals surface area contributed by atoms with Crippen molar-refractivity contribution in [2.45, 2.75) is 31.8 Å². The van der Waals surface area contributed by atoms with E-state index < -0.39 is 0 Å². The molecule has 7 heteroatoms. The molecule has 2 N–H and O–H groups in total. The molecule has 0 radical (unpaired) electrons.